The number of nitrogens with one attached hydrogen (secondary N) is 1. The van der Waals surface area contributed by atoms with Crippen LogP contribution in [0.2, 0.25) is 0 Å². The van der Waals surface area contributed by atoms with Gasteiger partial charge in [-0.05, 0) is 25.2 Å². The second kappa shape index (κ2) is 4.14. The Morgan fingerprint density at radius 1 is 1.47 bits per heavy atom. The summed E-state index contributed by atoms with van der Waals surface area (Å²) in [6.45, 7) is 10.9. The van der Waals surface area contributed by atoms with Crippen LogP contribution < -0.4 is 4.72 Å². The molecule has 1 aliphatic carbocycles. The molecule has 1 heterocycles. The Labute approximate surface area is 104 Å². The minimum absolute atomic E-state index is 0.144. The number of hydrogen-bond donors (Lipinski definition) is 1. The van der Waals surface area contributed by atoms with Gasteiger partial charge in [0.2, 0.25) is 0 Å². The number of hydrogen-bond acceptors (Lipinski definition) is 2. The van der Waals surface area contributed by atoms with Crippen LogP contribution in [0, 0.1) is 11.3 Å². The van der Waals surface area contributed by atoms with Gasteiger partial charge in [-0.2, -0.15) is 12.7 Å². The lowest BCUT2D eigenvalue weighted by Crippen LogP contribution is -2.39. The maximum atomic E-state index is 12.0. The lowest BCUT2D eigenvalue weighted by molar-refractivity contribution is 0.464. The first-order valence-corrected chi connectivity index (χ1v) is 7.44. The fourth-order valence-electron chi connectivity index (χ4n) is 2.35. The quantitative estimate of drug-likeness (QED) is 0.760. The summed E-state index contributed by atoms with van der Waals surface area (Å²) in [4.78, 5) is 0. The van der Waals surface area contributed by atoms with Crippen molar-refractivity contribution in [2.45, 2.75) is 26.2 Å². The Morgan fingerprint density at radius 2 is 2.06 bits per heavy atom. The molecule has 2 aliphatic rings. The molecule has 0 aromatic heterocycles. The molecule has 0 aromatic rings. The van der Waals surface area contributed by atoms with Gasteiger partial charge < -0.3 is 0 Å². The second-order valence-electron chi connectivity index (χ2n) is 5.16. The molecule has 2 rings (SSSR count). The van der Waals surface area contributed by atoms with E-state index in [2.05, 4.69) is 17.9 Å². The lowest BCUT2D eigenvalue weighted by atomic mass is 10.0. The highest BCUT2D eigenvalue weighted by molar-refractivity contribution is 7.87. The standard InChI is InChI=1S/C12H20N2O2S/c1-4-11-9-12(11,3)10(2)13-17(15,16)14-7-5-6-8-14/h4,11,13H,1-2,5-9H2,3H3/t11-,12-/m1/s1. The summed E-state index contributed by atoms with van der Waals surface area (Å²) in [6.07, 6.45) is 4.69. The minimum Gasteiger partial charge on any atom is -0.275 e. The van der Waals surface area contributed by atoms with Crippen LogP contribution in [0.3, 0.4) is 0 Å². The van der Waals surface area contributed by atoms with Crippen LogP contribution in [0.5, 0.6) is 0 Å². The molecule has 0 amide bonds. The van der Waals surface area contributed by atoms with Gasteiger partial charge in [0, 0.05) is 24.2 Å². The van der Waals surface area contributed by atoms with E-state index in [9.17, 15) is 8.42 Å². The Morgan fingerprint density at radius 3 is 2.53 bits per heavy atom. The van der Waals surface area contributed by atoms with E-state index in [1.54, 1.807) is 0 Å². The van der Waals surface area contributed by atoms with Gasteiger partial charge >= 0.3 is 10.2 Å². The van der Waals surface area contributed by atoms with Crippen LogP contribution in [0.4, 0.5) is 0 Å². The molecule has 0 spiro atoms. The molecule has 0 aromatic carbocycles. The van der Waals surface area contributed by atoms with Crippen LogP contribution in [0.15, 0.2) is 24.9 Å². The van der Waals surface area contributed by atoms with Gasteiger partial charge in [0.25, 0.3) is 0 Å². The molecular weight excluding hydrogens is 236 g/mol. The summed E-state index contributed by atoms with van der Waals surface area (Å²) in [5, 5.41) is 0. The highest BCUT2D eigenvalue weighted by Crippen LogP contribution is 2.56. The Hall–Kier alpha value is -0.810. The predicted octanol–water partition coefficient (Wildman–Crippen LogP) is 1.64. The monoisotopic (exact) mass is 256 g/mol. The van der Waals surface area contributed by atoms with E-state index in [0.717, 1.165) is 19.3 Å². The molecule has 2 fully saturated rings. The molecule has 17 heavy (non-hydrogen) atoms. The summed E-state index contributed by atoms with van der Waals surface area (Å²) in [5.74, 6) is 0.344. The zero-order valence-electron chi connectivity index (χ0n) is 10.3. The molecule has 1 N–H and O–H groups in total. The van der Waals surface area contributed by atoms with Crippen molar-refractivity contribution in [1.29, 1.82) is 0 Å². The maximum absolute atomic E-state index is 12.0. The molecule has 5 heteroatoms. The maximum Gasteiger partial charge on any atom is 0.301 e. The topological polar surface area (TPSA) is 49.4 Å². The summed E-state index contributed by atoms with van der Waals surface area (Å²) < 4.78 is 28.2. The number of rotatable bonds is 5. The van der Waals surface area contributed by atoms with E-state index >= 15 is 0 Å². The Balaban J connectivity index is 2.01. The van der Waals surface area contributed by atoms with Gasteiger partial charge in [-0.25, -0.2) is 0 Å². The van der Waals surface area contributed by atoms with Crippen molar-refractivity contribution in [2.75, 3.05) is 13.1 Å². The van der Waals surface area contributed by atoms with E-state index < -0.39 is 10.2 Å². The third kappa shape index (κ3) is 2.26. The third-order valence-electron chi connectivity index (χ3n) is 3.93. The van der Waals surface area contributed by atoms with Gasteiger partial charge in [0.1, 0.15) is 0 Å². The molecule has 1 saturated heterocycles. The summed E-state index contributed by atoms with van der Waals surface area (Å²) in [6, 6.07) is 0. The second-order valence-corrected chi connectivity index (χ2v) is 6.83. The Kier molecular flexibility index (Phi) is 3.08. The summed E-state index contributed by atoms with van der Waals surface area (Å²) >= 11 is 0. The zero-order chi connectivity index (χ0) is 12.7. The van der Waals surface area contributed by atoms with Crippen molar-refractivity contribution >= 4 is 10.2 Å². The van der Waals surface area contributed by atoms with Crippen molar-refractivity contribution in [3.63, 3.8) is 0 Å². The lowest BCUT2D eigenvalue weighted by Gasteiger charge is -2.21. The van der Waals surface area contributed by atoms with E-state index in [-0.39, 0.29) is 5.41 Å². The fraction of sp³-hybridized carbons (Fsp3) is 0.667. The van der Waals surface area contributed by atoms with Gasteiger partial charge in [0.15, 0.2) is 0 Å². The van der Waals surface area contributed by atoms with E-state index in [4.69, 9.17) is 0 Å². The highest BCUT2D eigenvalue weighted by atomic mass is 32.2. The van der Waals surface area contributed by atoms with Crippen molar-refractivity contribution < 1.29 is 8.42 Å². The molecular formula is C12H20N2O2S. The fourth-order valence-corrected chi connectivity index (χ4v) is 3.77. The van der Waals surface area contributed by atoms with Crippen LogP contribution in [-0.4, -0.2) is 25.8 Å². The summed E-state index contributed by atoms with van der Waals surface area (Å²) in [7, 11) is -3.38. The molecule has 2 atom stereocenters. The van der Waals surface area contributed by atoms with Crippen LogP contribution in [0.25, 0.3) is 0 Å². The van der Waals surface area contributed by atoms with Gasteiger partial charge in [-0.1, -0.05) is 19.6 Å². The van der Waals surface area contributed by atoms with Crippen LogP contribution >= 0.6 is 0 Å². The largest absolute Gasteiger partial charge is 0.301 e. The average molecular weight is 256 g/mol. The van der Waals surface area contributed by atoms with Crippen molar-refractivity contribution in [3.8, 4) is 0 Å². The predicted molar refractivity (Wildman–Crippen MR) is 68.4 cm³/mol. The number of nitrogens with zero attached hydrogens (tertiary/aromatic N) is 1. The van der Waals surface area contributed by atoms with Crippen molar-refractivity contribution in [1.82, 2.24) is 9.03 Å². The minimum atomic E-state index is -3.38. The SMILES string of the molecule is C=C[C@@H]1C[C@]1(C)C(=C)NS(=O)(=O)N1CCCC1. The van der Waals surface area contributed by atoms with E-state index in [1.807, 2.05) is 13.0 Å². The number of allylic oxidation sites excluding steroid dienone is 2. The summed E-state index contributed by atoms with van der Waals surface area (Å²) in [5.41, 5.74) is 0.448. The first-order valence-electron chi connectivity index (χ1n) is 6.00. The smallest absolute Gasteiger partial charge is 0.275 e. The molecule has 1 saturated carbocycles. The highest BCUT2D eigenvalue weighted by Gasteiger charge is 2.51. The first-order chi connectivity index (χ1) is 7.90. The first kappa shape index (κ1) is 12.6. The van der Waals surface area contributed by atoms with Crippen LogP contribution in [0.1, 0.15) is 26.2 Å². The molecule has 96 valence electrons. The molecule has 0 radical (unpaired) electrons. The third-order valence-corrected chi connectivity index (χ3v) is 5.48. The Bertz CT molecular complexity index is 437. The van der Waals surface area contributed by atoms with E-state index in [1.165, 1.54) is 4.31 Å². The van der Waals surface area contributed by atoms with Crippen molar-refractivity contribution in [2.24, 2.45) is 11.3 Å². The molecule has 1 aliphatic heterocycles. The van der Waals surface area contributed by atoms with Crippen molar-refractivity contribution in [3.05, 3.63) is 24.9 Å². The van der Waals surface area contributed by atoms with Gasteiger partial charge in [0.05, 0.1) is 0 Å². The normalized spacial score (nSPS) is 33.4. The molecule has 4 nitrogen and oxygen atoms in total. The van der Waals surface area contributed by atoms with Gasteiger partial charge in [-0.15, -0.1) is 6.58 Å². The molecule has 0 unspecified atom stereocenters. The molecule has 0 bridgehead atoms. The van der Waals surface area contributed by atoms with E-state index in [0.29, 0.717) is 24.7 Å². The van der Waals surface area contributed by atoms with Gasteiger partial charge in [-0.3, -0.25) is 4.72 Å². The van der Waals surface area contributed by atoms with Crippen LogP contribution in [-0.2, 0) is 10.2 Å². The average Bonchev–Trinajstić information content (AvgIpc) is 2.72. The zero-order valence-corrected chi connectivity index (χ0v) is 11.1.